The number of ether oxygens (including phenoxy) is 4. The van der Waals surface area contributed by atoms with Gasteiger partial charge in [0.15, 0.2) is 5.92 Å². The van der Waals surface area contributed by atoms with Crippen LogP contribution in [0.3, 0.4) is 0 Å². The summed E-state index contributed by atoms with van der Waals surface area (Å²) in [5.41, 5.74) is 0. The highest BCUT2D eigenvalue weighted by Gasteiger charge is 2.50. The van der Waals surface area contributed by atoms with E-state index in [4.69, 9.17) is 18.9 Å². The van der Waals surface area contributed by atoms with Crippen LogP contribution in [0.5, 0.6) is 0 Å². The zero-order chi connectivity index (χ0) is 51.2. The predicted octanol–water partition coefficient (Wildman–Crippen LogP) is 8.61. The van der Waals surface area contributed by atoms with Crippen molar-refractivity contribution in [2.24, 2.45) is 59.2 Å². The van der Waals surface area contributed by atoms with E-state index in [1.54, 1.807) is 0 Å². The van der Waals surface area contributed by atoms with E-state index >= 15 is 9.59 Å². The van der Waals surface area contributed by atoms with E-state index in [1.165, 1.54) is 0 Å². The minimum Gasteiger partial charge on any atom is -0.462 e. The van der Waals surface area contributed by atoms with Crippen LogP contribution >= 0.6 is 0 Å². The van der Waals surface area contributed by atoms with Crippen molar-refractivity contribution in [2.45, 2.75) is 248 Å². The number of carbonyl (C=O) groups is 4. The minimum atomic E-state index is -1.88. The molecule has 68 heavy (non-hydrogen) atoms. The molecule has 0 aliphatic carbocycles. The number of hydroxylamine groups is 8. The molecule has 0 aromatic heterocycles. The molecule has 0 aromatic rings. The average molecular weight is 963 g/mol. The van der Waals surface area contributed by atoms with E-state index in [2.05, 4.69) is 0 Å². The zero-order valence-electron chi connectivity index (χ0n) is 44.5. The van der Waals surface area contributed by atoms with Gasteiger partial charge in [0.2, 0.25) is 0 Å². The third-order valence-corrected chi connectivity index (χ3v) is 15.8. The van der Waals surface area contributed by atoms with Gasteiger partial charge in [-0.05, 0) is 53.8 Å². The van der Waals surface area contributed by atoms with Crippen LogP contribution in [0.4, 0.5) is 0 Å². The summed E-state index contributed by atoms with van der Waals surface area (Å²) in [6.45, 7) is 31.1. The molecule has 0 amide bonds. The first kappa shape index (κ1) is 58.1. The van der Waals surface area contributed by atoms with E-state index in [0.717, 1.165) is 20.3 Å². The van der Waals surface area contributed by atoms with Crippen molar-refractivity contribution in [1.82, 2.24) is 20.3 Å². The van der Waals surface area contributed by atoms with Crippen LogP contribution in [-0.2, 0) is 59.0 Å². The van der Waals surface area contributed by atoms with Crippen LogP contribution in [0.2, 0.25) is 0 Å². The summed E-state index contributed by atoms with van der Waals surface area (Å²) in [4.78, 5) is 59.0. The number of hydrogen-bond donors (Lipinski definition) is 0. The maximum Gasteiger partial charge on any atom is 0.321 e. The van der Waals surface area contributed by atoms with Gasteiger partial charge in [0.25, 0.3) is 0 Å². The Hall–Kier alpha value is -2.44. The monoisotopic (exact) mass is 963 g/mol. The first-order chi connectivity index (χ1) is 31.6. The van der Waals surface area contributed by atoms with Crippen LogP contribution in [0.15, 0.2) is 0 Å². The molecule has 4 saturated heterocycles. The Morgan fingerprint density at radius 2 is 0.559 bits per heavy atom. The van der Waals surface area contributed by atoms with Crippen molar-refractivity contribution in [1.29, 1.82) is 0 Å². The van der Waals surface area contributed by atoms with Crippen LogP contribution in [0, 0.1) is 59.2 Å². The van der Waals surface area contributed by atoms with Crippen molar-refractivity contribution >= 4 is 23.9 Å². The molecule has 4 aliphatic rings. The first-order valence-electron chi connectivity index (χ1n) is 26.3. The third kappa shape index (κ3) is 14.6. The molecule has 4 heterocycles. The summed E-state index contributed by atoms with van der Waals surface area (Å²) in [5, 5.41) is 58.4. The second-order valence-corrected chi connectivity index (χ2v) is 23.7. The molecule has 9 unspecified atom stereocenters. The van der Waals surface area contributed by atoms with Gasteiger partial charge in [-0.1, -0.05) is 111 Å². The van der Waals surface area contributed by atoms with Gasteiger partial charge < -0.3 is 18.9 Å². The lowest BCUT2D eigenvalue weighted by atomic mass is 9.83. The van der Waals surface area contributed by atoms with E-state index in [9.17, 15) is 30.4 Å². The summed E-state index contributed by atoms with van der Waals surface area (Å²) in [7, 11) is 0. The molecular weight excluding hydrogens is 873 g/mol. The molecule has 9 atom stereocenters. The van der Waals surface area contributed by atoms with Gasteiger partial charge in [-0.3, -0.25) is 19.2 Å². The topological polar surface area (TPSA) is 198 Å². The first-order valence-corrected chi connectivity index (χ1v) is 26.3. The molecule has 390 valence electrons. The SMILES string of the molecule is CC(C)C1CC(OC(=O)CCC(C(=O)OC2CC(C(C)C)N([O])C(C(C)C)C2)C(C(=O)OC2CC(C(C)C)N([O])C(C(C)C)C2)C(=O)OC2CC(C(C)C)N([O])C(C(C)C)C2)CC(C(C)C)N1[O]. The molecule has 16 nitrogen and oxygen atoms in total. The molecule has 4 radical (unpaired) electrons. The fourth-order valence-corrected chi connectivity index (χ4v) is 11.4. The summed E-state index contributed by atoms with van der Waals surface area (Å²) < 4.78 is 24.9. The van der Waals surface area contributed by atoms with Gasteiger partial charge >= 0.3 is 23.9 Å². The van der Waals surface area contributed by atoms with Gasteiger partial charge in [-0.25, -0.2) is 0 Å². The Kier molecular flexibility index (Phi) is 21.6. The maximum atomic E-state index is 15.0. The van der Waals surface area contributed by atoms with Crippen LogP contribution < -0.4 is 0 Å². The second-order valence-electron chi connectivity index (χ2n) is 23.7. The Labute approximate surface area is 408 Å². The molecule has 4 rings (SSSR count). The lowest BCUT2D eigenvalue weighted by Crippen LogP contribution is -2.55. The molecule has 0 bridgehead atoms. The predicted molar refractivity (Wildman–Crippen MR) is 252 cm³/mol. The summed E-state index contributed by atoms with van der Waals surface area (Å²) in [6, 6.07) is -3.53. The highest BCUT2D eigenvalue weighted by atomic mass is 16.6. The van der Waals surface area contributed by atoms with Crippen LogP contribution in [0.25, 0.3) is 0 Å². The van der Waals surface area contributed by atoms with Crippen LogP contribution in [0.1, 0.15) is 175 Å². The molecule has 0 saturated carbocycles. The third-order valence-electron chi connectivity index (χ3n) is 15.8. The quantitative estimate of drug-likeness (QED) is 0.0680. The summed E-state index contributed by atoms with van der Waals surface area (Å²) in [5.74, 6) is -7.43. The fourth-order valence-electron chi connectivity index (χ4n) is 11.4. The molecule has 0 spiro atoms. The highest BCUT2D eigenvalue weighted by molar-refractivity contribution is 5.99. The standard InChI is InChI=1S/C52H90N4O12/c1-27(2)40-19-35(20-41(28(3)4)53(40)61)65-48(57)18-17-39(50(58)66-36-21-42(29(5)6)54(62)43(22-36)30(7)8)49(51(59)67-37-23-44(31(9)10)55(63)45(24-37)32(11)12)52(60)68-38-25-46(33(13)14)56(64)47(26-38)34(15)16/h27-47,49H,17-26H2,1-16H3. The lowest BCUT2D eigenvalue weighted by Gasteiger charge is -2.44. The number of piperidine rings is 4. The van der Waals surface area contributed by atoms with Crippen molar-refractivity contribution in [3.8, 4) is 0 Å². The van der Waals surface area contributed by atoms with Crippen molar-refractivity contribution in [3.63, 3.8) is 0 Å². The van der Waals surface area contributed by atoms with E-state index in [1.807, 2.05) is 111 Å². The number of carbonyl (C=O) groups excluding carboxylic acids is 4. The van der Waals surface area contributed by atoms with Gasteiger partial charge in [-0.2, -0.15) is 0 Å². The fraction of sp³-hybridized carbons (Fsp3) is 0.923. The molecule has 4 aliphatic heterocycles. The average Bonchev–Trinajstić information content (AvgIpc) is 3.23. The molecule has 0 aromatic carbocycles. The highest BCUT2D eigenvalue weighted by Crippen LogP contribution is 2.39. The Bertz CT molecular complexity index is 1500. The van der Waals surface area contributed by atoms with Gasteiger partial charge in [0.05, 0.1) is 5.92 Å². The van der Waals surface area contributed by atoms with Crippen molar-refractivity contribution in [3.05, 3.63) is 0 Å². The molecule has 0 N–H and O–H groups in total. The Morgan fingerprint density at radius 3 is 0.779 bits per heavy atom. The zero-order valence-corrected chi connectivity index (χ0v) is 44.5. The van der Waals surface area contributed by atoms with Crippen LogP contribution in [-0.4, -0.2) is 117 Å². The maximum absolute atomic E-state index is 15.0. The van der Waals surface area contributed by atoms with Crippen molar-refractivity contribution in [2.75, 3.05) is 0 Å². The van der Waals surface area contributed by atoms with E-state index < -0.39 is 96.4 Å². The number of rotatable bonds is 19. The molecule has 16 heteroatoms. The molecular formula is C52H90N4O12. The largest absolute Gasteiger partial charge is 0.462 e. The van der Waals surface area contributed by atoms with E-state index in [-0.39, 0.29) is 111 Å². The van der Waals surface area contributed by atoms with Gasteiger partial charge in [-0.15, -0.1) is 41.1 Å². The second kappa shape index (κ2) is 25.3. The number of hydrogen-bond acceptors (Lipinski definition) is 12. The number of nitrogens with zero attached hydrogens (tertiary/aromatic N) is 4. The normalized spacial score (nSPS) is 32.7. The minimum absolute atomic E-state index is 0.00581. The van der Waals surface area contributed by atoms with Gasteiger partial charge in [0, 0.05) is 106 Å². The summed E-state index contributed by atoms with van der Waals surface area (Å²) >= 11 is 0. The lowest BCUT2D eigenvalue weighted by molar-refractivity contribution is -0.263. The smallest absolute Gasteiger partial charge is 0.321 e. The molecule has 4 fully saturated rings. The number of esters is 4. The van der Waals surface area contributed by atoms with Crippen molar-refractivity contribution < 1.29 is 59.0 Å². The Morgan fingerprint density at radius 1 is 0.353 bits per heavy atom. The summed E-state index contributed by atoms with van der Waals surface area (Å²) in [6.07, 6.45) is -1.53. The van der Waals surface area contributed by atoms with E-state index in [0.29, 0.717) is 12.8 Å². The Balaban J connectivity index is 1.76. The van der Waals surface area contributed by atoms with Gasteiger partial charge in [0.1, 0.15) is 24.4 Å².